The SMILES string of the molecule is CC(C)C(CC(=O)O)NC(=O)Nc1cc(Cl)cc(Cl)c1. The van der Waals surface area contributed by atoms with E-state index in [4.69, 9.17) is 28.3 Å². The van der Waals surface area contributed by atoms with Crippen molar-refractivity contribution in [3.8, 4) is 0 Å². The largest absolute Gasteiger partial charge is 0.481 e. The maximum Gasteiger partial charge on any atom is 0.319 e. The first kappa shape index (κ1) is 16.6. The molecule has 1 rings (SSSR count). The Labute approximate surface area is 127 Å². The van der Waals surface area contributed by atoms with Gasteiger partial charge in [0, 0.05) is 21.8 Å². The Morgan fingerprint density at radius 1 is 1.20 bits per heavy atom. The van der Waals surface area contributed by atoms with Crippen LogP contribution in [0.1, 0.15) is 20.3 Å². The normalized spacial score (nSPS) is 12.1. The van der Waals surface area contributed by atoms with Gasteiger partial charge in [-0.15, -0.1) is 0 Å². The summed E-state index contributed by atoms with van der Waals surface area (Å²) < 4.78 is 0. The van der Waals surface area contributed by atoms with E-state index < -0.39 is 18.0 Å². The van der Waals surface area contributed by atoms with Crippen molar-refractivity contribution < 1.29 is 14.7 Å². The van der Waals surface area contributed by atoms with Gasteiger partial charge in [0.1, 0.15) is 0 Å². The molecule has 110 valence electrons. The smallest absolute Gasteiger partial charge is 0.319 e. The zero-order valence-electron chi connectivity index (χ0n) is 11.1. The summed E-state index contributed by atoms with van der Waals surface area (Å²) >= 11 is 11.6. The molecule has 2 amide bonds. The number of hydrogen-bond donors (Lipinski definition) is 3. The number of carboxylic acids is 1. The van der Waals surface area contributed by atoms with Gasteiger partial charge in [0.2, 0.25) is 0 Å². The van der Waals surface area contributed by atoms with Crippen LogP contribution in [0, 0.1) is 5.92 Å². The summed E-state index contributed by atoms with van der Waals surface area (Å²) in [5.41, 5.74) is 0.442. The fraction of sp³-hybridized carbons (Fsp3) is 0.385. The van der Waals surface area contributed by atoms with E-state index in [-0.39, 0.29) is 12.3 Å². The molecule has 0 saturated carbocycles. The predicted octanol–water partition coefficient (Wildman–Crippen LogP) is 3.61. The second kappa shape index (κ2) is 7.36. The summed E-state index contributed by atoms with van der Waals surface area (Å²) in [5.74, 6) is -0.963. The van der Waals surface area contributed by atoms with Gasteiger partial charge in [-0.05, 0) is 24.1 Å². The Balaban J connectivity index is 2.67. The zero-order valence-corrected chi connectivity index (χ0v) is 12.6. The van der Waals surface area contributed by atoms with Crippen molar-refractivity contribution in [1.29, 1.82) is 0 Å². The highest BCUT2D eigenvalue weighted by atomic mass is 35.5. The van der Waals surface area contributed by atoms with Crippen LogP contribution in [-0.4, -0.2) is 23.1 Å². The molecule has 20 heavy (non-hydrogen) atoms. The lowest BCUT2D eigenvalue weighted by Gasteiger charge is -2.20. The Morgan fingerprint density at radius 3 is 2.20 bits per heavy atom. The van der Waals surface area contributed by atoms with Crippen LogP contribution in [0.15, 0.2) is 18.2 Å². The Bertz CT molecular complexity index is 486. The van der Waals surface area contributed by atoms with Crippen molar-refractivity contribution >= 4 is 40.9 Å². The van der Waals surface area contributed by atoms with Crippen molar-refractivity contribution in [2.45, 2.75) is 26.3 Å². The minimum absolute atomic E-state index is 0.000186. The van der Waals surface area contributed by atoms with Gasteiger partial charge < -0.3 is 15.7 Å². The van der Waals surface area contributed by atoms with E-state index >= 15 is 0 Å². The van der Waals surface area contributed by atoms with Crippen LogP contribution in [0.25, 0.3) is 0 Å². The summed E-state index contributed by atoms with van der Waals surface area (Å²) in [6, 6.07) is 3.70. The third-order valence-corrected chi connectivity index (χ3v) is 3.07. The Kier molecular flexibility index (Phi) is 6.10. The number of urea groups is 1. The van der Waals surface area contributed by atoms with Crippen molar-refractivity contribution in [2.24, 2.45) is 5.92 Å². The first-order chi connectivity index (χ1) is 9.27. The molecule has 7 heteroatoms. The molecule has 0 fully saturated rings. The van der Waals surface area contributed by atoms with Crippen LogP contribution < -0.4 is 10.6 Å². The van der Waals surface area contributed by atoms with E-state index in [1.807, 2.05) is 13.8 Å². The Morgan fingerprint density at radius 2 is 1.75 bits per heavy atom. The number of nitrogens with one attached hydrogen (secondary N) is 2. The molecule has 0 aliphatic rings. The van der Waals surface area contributed by atoms with Gasteiger partial charge in [-0.1, -0.05) is 37.0 Å². The monoisotopic (exact) mass is 318 g/mol. The number of carboxylic acid groups (broad SMARTS) is 1. The standard InChI is InChI=1S/C13H16Cl2N2O3/c1-7(2)11(6-12(18)19)17-13(20)16-10-4-8(14)3-9(15)5-10/h3-5,7,11H,6H2,1-2H3,(H,18,19)(H2,16,17,20). The van der Waals surface area contributed by atoms with Gasteiger partial charge in [0.25, 0.3) is 0 Å². The predicted molar refractivity (Wildman–Crippen MR) is 79.5 cm³/mol. The second-order valence-corrected chi connectivity index (χ2v) is 5.58. The molecular weight excluding hydrogens is 303 g/mol. The summed E-state index contributed by atoms with van der Waals surface area (Å²) in [6.45, 7) is 3.67. The van der Waals surface area contributed by atoms with Crippen molar-refractivity contribution in [2.75, 3.05) is 5.32 Å². The molecule has 0 aliphatic carbocycles. The molecule has 0 heterocycles. The number of hydrogen-bond acceptors (Lipinski definition) is 2. The van der Waals surface area contributed by atoms with E-state index in [0.29, 0.717) is 15.7 Å². The maximum absolute atomic E-state index is 11.8. The summed E-state index contributed by atoms with van der Waals surface area (Å²) in [5, 5.41) is 14.8. The summed E-state index contributed by atoms with van der Waals surface area (Å²) in [7, 11) is 0. The lowest BCUT2D eigenvalue weighted by atomic mass is 10.0. The van der Waals surface area contributed by atoms with Gasteiger partial charge in [-0.25, -0.2) is 4.79 Å². The molecule has 1 unspecified atom stereocenters. The first-order valence-corrected chi connectivity index (χ1v) is 6.79. The van der Waals surface area contributed by atoms with Crippen LogP contribution in [0.4, 0.5) is 10.5 Å². The van der Waals surface area contributed by atoms with Gasteiger partial charge in [0.05, 0.1) is 6.42 Å². The molecule has 0 saturated heterocycles. The average Bonchev–Trinajstić information content (AvgIpc) is 2.25. The molecule has 0 radical (unpaired) electrons. The second-order valence-electron chi connectivity index (χ2n) is 4.70. The third kappa shape index (κ3) is 5.67. The number of halogens is 2. The number of aliphatic carboxylic acids is 1. The minimum atomic E-state index is -0.963. The first-order valence-electron chi connectivity index (χ1n) is 6.03. The highest BCUT2D eigenvalue weighted by Gasteiger charge is 2.19. The van der Waals surface area contributed by atoms with E-state index in [1.54, 1.807) is 18.2 Å². The molecule has 3 N–H and O–H groups in total. The fourth-order valence-electron chi connectivity index (χ4n) is 1.60. The molecule has 1 atom stereocenters. The van der Waals surface area contributed by atoms with Gasteiger partial charge in [0.15, 0.2) is 0 Å². The zero-order chi connectivity index (χ0) is 15.3. The van der Waals surface area contributed by atoms with Crippen molar-refractivity contribution in [3.63, 3.8) is 0 Å². The summed E-state index contributed by atoms with van der Waals surface area (Å²) in [4.78, 5) is 22.6. The molecule has 1 aromatic rings. The number of benzene rings is 1. The van der Waals surface area contributed by atoms with Crippen LogP contribution in [-0.2, 0) is 4.79 Å². The van der Waals surface area contributed by atoms with Gasteiger partial charge >= 0.3 is 12.0 Å². The van der Waals surface area contributed by atoms with E-state index in [2.05, 4.69) is 10.6 Å². The molecule has 1 aromatic carbocycles. The summed E-state index contributed by atoms with van der Waals surface area (Å²) in [6.07, 6.45) is -0.138. The van der Waals surface area contributed by atoms with Crippen LogP contribution >= 0.6 is 23.2 Å². The van der Waals surface area contributed by atoms with Crippen LogP contribution in [0.3, 0.4) is 0 Å². The van der Waals surface area contributed by atoms with Crippen LogP contribution in [0.2, 0.25) is 10.0 Å². The average molecular weight is 319 g/mol. The van der Waals surface area contributed by atoms with Crippen molar-refractivity contribution in [3.05, 3.63) is 28.2 Å². The maximum atomic E-state index is 11.8. The number of anilines is 1. The van der Waals surface area contributed by atoms with E-state index in [9.17, 15) is 9.59 Å². The number of carbonyl (C=O) groups excluding carboxylic acids is 1. The number of carbonyl (C=O) groups is 2. The fourth-order valence-corrected chi connectivity index (χ4v) is 2.13. The number of rotatable bonds is 5. The Hall–Kier alpha value is -1.46. The highest BCUT2D eigenvalue weighted by Crippen LogP contribution is 2.22. The van der Waals surface area contributed by atoms with Crippen LogP contribution in [0.5, 0.6) is 0 Å². The lowest BCUT2D eigenvalue weighted by Crippen LogP contribution is -2.42. The number of amides is 2. The molecular formula is C13H16Cl2N2O3. The molecule has 0 spiro atoms. The lowest BCUT2D eigenvalue weighted by molar-refractivity contribution is -0.137. The topological polar surface area (TPSA) is 78.4 Å². The quantitative estimate of drug-likeness (QED) is 0.775. The molecule has 5 nitrogen and oxygen atoms in total. The van der Waals surface area contributed by atoms with E-state index in [1.165, 1.54) is 0 Å². The minimum Gasteiger partial charge on any atom is -0.481 e. The van der Waals surface area contributed by atoms with Crippen molar-refractivity contribution in [1.82, 2.24) is 5.32 Å². The van der Waals surface area contributed by atoms with Gasteiger partial charge in [-0.3, -0.25) is 4.79 Å². The van der Waals surface area contributed by atoms with Gasteiger partial charge in [-0.2, -0.15) is 0 Å². The molecule has 0 aromatic heterocycles. The third-order valence-electron chi connectivity index (χ3n) is 2.64. The van der Waals surface area contributed by atoms with E-state index in [0.717, 1.165) is 0 Å². The highest BCUT2D eigenvalue weighted by molar-refractivity contribution is 6.35. The molecule has 0 aliphatic heterocycles. The molecule has 0 bridgehead atoms.